The molecule has 0 bridgehead atoms. The Kier molecular flexibility index (Phi) is 9.06. The standard InChI is InChI=1S/C26H24ClN3O7/c1-15(29-30-25(32)24(31)28-20-14-17(34-2)10-12-21(20)35-3)16-9-11-22(23(13-16)36-4)37-26(33)18-7-5-6-8-19(18)27/h5-14H,1-4H3,(H,28,31)(H,30,32)/b29-15+. The third-order valence-electron chi connectivity index (χ3n) is 5.06. The zero-order valence-corrected chi connectivity index (χ0v) is 21.2. The van der Waals surface area contributed by atoms with E-state index in [0.29, 0.717) is 22.8 Å². The van der Waals surface area contributed by atoms with Crippen LogP contribution in [0.4, 0.5) is 5.69 Å². The molecule has 2 N–H and O–H groups in total. The van der Waals surface area contributed by atoms with Crippen molar-refractivity contribution in [2.24, 2.45) is 5.10 Å². The Morgan fingerprint density at radius 1 is 0.811 bits per heavy atom. The predicted octanol–water partition coefficient (Wildman–Crippen LogP) is 4.06. The minimum atomic E-state index is -0.999. The molecule has 192 valence electrons. The summed E-state index contributed by atoms with van der Waals surface area (Å²) in [7, 11) is 4.32. The summed E-state index contributed by atoms with van der Waals surface area (Å²) in [6.07, 6.45) is 0. The van der Waals surface area contributed by atoms with Crippen LogP contribution in [0.2, 0.25) is 5.02 Å². The molecule has 2 amide bonds. The molecular formula is C26H24ClN3O7. The van der Waals surface area contributed by atoms with Gasteiger partial charge in [-0.2, -0.15) is 5.10 Å². The number of nitrogens with zero attached hydrogens (tertiary/aromatic N) is 1. The Labute approximate surface area is 218 Å². The first-order valence-corrected chi connectivity index (χ1v) is 11.2. The number of carbonyl (C=O) groups excluding carboxylic acids is 3. The third kappa shape index (κ3) is 6.77. The fraction of sp³-hybridized carbons (Fsp3) is 0.154. The van der Waals surface area contributed by atoms with E-state index in [1.54, 1.807) is 55.5 Å². The highest BCUT2D eigenvalue weighted by molar-refractivity contribution is 6.39. The molecule has 0 unspecified atom stereocenters. The van der Waals surface area contributed by atoms with E-state index in [-0.39, 0.29) is 27.8 Å². The first-order chi connectivity index (χ1) is 17.8. The molecule has 0 heterocycles. The number of anilines is 1. The van der Waals surface area contributed by atoms with Crippen molar-refractivity contribution in [2.75, 3.05) is 26.6 Å². The van der Waals surface area contributed by atoms with Crippen LogP contribution in [0.3, 0.4) is 0 Å². The predicted molar refractivity (Wildman–Crippen MR) is 138 cm³/mol. The highest BCUT2D eigenvalue weighted by Crippen LogP contribution is 2.30. The molecule has 0 saturated carbocycles. The van der Waals surface area contributed by atoms with Crippen molar-refractivity contribution >= 4 is 40.8 Å². The second-order valence-corrected chi connectivity index (χ2v) is 7.80. The zero-order valence-electron chi connectivity index (χ0n) is 20.5. The average Bonchev–Trinajstić information content (AvgIpc) is 2.91. The molecule has 0 fully saturated rings. The van der Waals surface area contributed by atoms with Gasteiger partial charge in [-0.3, -0.25) is 9.59 Å². The lowest BCUT2D eigenvalue weighted by molar-refractivity contribution is -0.136. The molecule has 0 aliphatic carbocycles. The molecule has 11 heteroatoms. The van der Waals surface area contributed by atoms with Gasteiger partial charge in [0.1, 0.15) is 11.5 Å². The topological polar surface area (TPSA) is 125 Å². The van der Waals surface area contributed by atoms with Crippen molar-refractivity contribution in [3.63, 3.8) is 0 Å². The molecule has 0 aliphatic heterocycles. The molecule has 0 aromatic heterocycles. The van der Waals surface area contributed by atoms with Gasteiger partial charge in [0.05, 0.1) is 43.3 Å². The number of esters is 1. The smallest absolute Gasteiger partial charge is 0.345 e. The minimum absolute atomic E-state index is 0.166. The number of hydrogen-bond acceptors (Lipinski definition) is 8. The maximum Gasteiger partial charge on any atom is 0.345 e. The number of rotatable bonds is 8. The van der Waals surface area contributed by atoms with Gasteiger partial charge >= 0.3 is 17.8 Å². The van der Waals surface area contributed by atoms with Crippen LogP contribution < -0.4 is 29.7 Å². The Balaban J connectivity index is 1.69. The van der Waals surface area contributed by atoms with Crippen LogP contribution in [0.15, 0.2) is 65.8 Å². The number of ether oxygens (including phenoxy) is 4. The monoisotopic (exact) mass is 525 g/mol. The van der Waals surface area contributed by atoms with Gasteiger partial charge in [-0.1, -0.05) is 23.7 Å². The maximum atomic E-state index is 12.5. The van der Waals surface area contributed by atoms with E-state index in [9.17, 15) is 14.4 Å². The normalized spacial score (nSPS) is 10.8. The van der Waals surface area contributed by atoms with E-state index in [1.807, 2.05) is 0 Å². The number of amides is 2. The van der Waals surface area contributed by atoms with Gasteiger partial charge in [-0.25, -0.2) is 10.2 Å². The SMILES string of the molecule is COc1ccc(OC)c(NC(=O)C(=O)N/N=C(\C)c2ccc(OC(=O)c3ccccc3Cl)c(OC)c2)c1. The van der Waals surface area contributed by atoms with Crippen LogP contribution in [0.1, 0.15) is 22.8 Å². The van der Waals surface area contributed by atoms with E-state index in [1.165, 1.54) is 33.5 Å². The van der Waals surface area contributed by atoms with Gasteiger partial charge in [0, 0.05) is 11.6 Å². The minimum Gasteiger partial charge on any atom is -0.497 e. The fourth-order valence-corrected chi connectivity index (χ4v) is 3.31. The maximum absolute atomic E-state index is 12.5. The van der Waals surface area contributed by atoms with Gasteiger partial charge in [0.2, 0.25) is 0 Å². The van der Waals surface area contributed by atoms with Crippen LogP contribution >= 0.6 is 11.6 Å². The fourth-order valence-electron chi connectivity index (χ4n) is 3.10. The molecule has 3 rings (SSSR count). The first-order valence-electron chi connectivity index (χ1n) is 10.8. The van der Waals surface area contributed by atoms with Crippen LogP contribution in [-0.2, 0) is 9.59 Å². The zero-order chi connectivity index (χ0) is 26.9. The van der Waals surface area contributed by atoms with Crippen molar-refractivity contribution in [2.45, 2.75) is 6.92 Å². The number of halogens is 1. The third-order valence-corrected chi connectivity index (χ3v) is 5.39. The first kappa shape index (κ1) is 27.0. The van der Waals surface area contributed by atoms with E-state index in [2.05, 4.69) is 15.8 Å². The number of hydrogen-bond donors (Lipinski definition) is 2. The largest absolute Gasteiger partial charge is 0.497 e. The molecule has 0 spiro atoms. The van der Waals surface area contributed by atoms with E-state index >= 15 is 0 Å². The molecule has 0 aliphatic rings. The Hall–Kier alpha value is -4.57. The second-order valence-electron chi connectivity index (χ2n) is 7.39. The quantitative estimate of drug-likeness (QED) is 0.149. The van der Waals surface area contributed by atoms with E-state index in [0.717, 1.165) is 0 Å². The lowest BCUT2D eigenvalue weighted by Gasteiger charge is -2.12. The number of hydrazone groups is 1. The van der Waals surface area contributed by atoms with Crippen LogP contribution in [0.25, 0.3) is 0 Å². The van der Waals surface area contributed by atoms with Gasteiger partial charge < -0.3 is 24.3 Å². The molecule has 37 heavy (non-hydrogen) atoms. The van der Waals surface area contributed by atoms with Crippen LogP contribution in [-0.4, -0.2) is 44.8 Å². The summed E-state index contributed by atoms with van der Waals surface area (Å²) in [6.45, 7) is 1.62. The Bertz CT molecular complexity index is 1360. The summed E-state index contributed by atoms with van der Waals surface area (Å²) < 4.78 is 21.1. The Morgan fingerprint density at radius 3 is 2.19 bits per heavy atom. The highest BCUT2D eigenvalue weighted by Gasteiger charge is 2.18. The molecular weight excluding hydrogens is 502 g/mol. The molecule has 0 saturated heterocycles. The van der Waals surface area contributed by atoms with Crippen LogP contribution in [0.5, 0.6) is 23.0 Å². The van der Waals surface area contributed by atoms with Crippen molar-refractivity contribution in [3.8, 4) is 23.0 Å². The summed E-state index contributed by atoms with van der Waals surface area (Å²) in [5.74, 6) is -1.36. The van der Waals surface area contributed by atoms with Crippen molar-refractivity contribution in [1.29, 1.82) is 0 Å². The average molecular weight is 526 g/mol. The number of methoxy groups -OCH3 is 3. The molecule has 10 nitrogen and oxygen atoms in total. The molecule has 3 aromatic carbocycles. The second kappa shape index (κ2) is 12.4. The van der Waals surface area contributed by atoms with Gasteiger partial charge in [0.15, 0.2) is 11.5 Å². The van der Waals surface area contributed by atoms with Crippen molar-refractivity contribution in [3.05, 3.63) is 76.8 Å². The van der Waals surface area contributed by atoms with E-state index < -0.39 is 17.8 Å². The lowest BCUT2D eigenvalue weighted by atomic mass is 10.1. The van der Waals surface area contributed by atoms with Gasteiger partial charge in [0.25, 0.3) is 0 Å². The summed E-state index contributed by atoms with van der Waals surface area (Å²) in [5, 5.41) is 6.70. The summed E-state index contributed by atoms with van der Waals surface area (Å²) in [5.41, 5.74) is 3.58. The summed E-state index contributed by atoms with van der Waals surface area (Å²) in [4.78, 5) is 37.1. The van der Waals surface area contributed by atoms with Gasteiger partial charge in [-0.05, 0) is 49.4 Å². The Morgan fingerprint density at radius 2 is 1.51 bits per heavy atom. The number of carbonyl (C=O) groups is 3. The van der Waals surface area contributed by atoms with Crippen molar-refractivity contribution in [1.82, 2.24) is 5.43 Å². The van der Waals surface area contributed by atoms with Gasteiger partial charge in [-0.15, -0.1) is 0 Å². The summed E-state index contributed by atoms with van der Waals surface area (Å²) in [6, 6.07) is 16.0. The molecule has 3 aromatic rings. The van der Waals surface area contributed by atoms with E-state index in [4.69, 9.17) is 30.5 Å². The number of nitrogens with one attached hydrogen (secondary N) is 2. The number of benzene rings is 3. The lowest BCUT2D eigenvalue weighted by Crippen LogP contribution is -2.33. The van der Waals surface area contributed by atoms with Crippen LogP contribution in [0, 0.1) is 0 Å². The summed E-state index contributed by atoms with van der Waals surface area (Å²) >= 11 is 6.06. The highest BCUT2D eigenvalue weighted by atomic mass is 35.5. The molecule has 0 radical (unpaired) electrons. The molecule has 0 atom stereocenters. The van der Waals surface area contributed by atoms with Crippen molar-refractivity contribution < 1.29 is 33.3 Å².